The molecule has 1 saturated heterocycles. The number of nitrogens with one attached hydrogen (secondary N) is 1. The Bertz CT molecular complexity index is 1050. The van der Waals surface area contributed by atoms with Crippen LogP contribution >= 0.6 is 24.0 Å². The van der Waals surface area contributed by atoms with E-state index in [1.807, 2.05) is 37.4 Å². The van der Waals surface area contributed by atoms with Crippen LogP contribution in [0.15, 0.2) is 77.9 Å². The van der Waals surface area contributed by atoms with E-state index in [1.54, 1.807) is 6.20 Å². The molecular weight excluding hydrogens is 527 g/mol. The zero-order valence-corrected chi connectivity index (χ0v) is 21.4. The van der Waals surface area contributed by atoms with Crippen molar-refractivity contribution in [3.8, 4) is 5.75 Å². The van der Waals surface area contributed by atoms with Crippen LogP contribution in [0.1, 0.15) is 28.5 Å². The maximum absolute atomic E-state index is 6.07. The molecule has 6 nitrogen and oxygen atoms in total. The van der Waals surface area contributed by atoms with Crippen LogP contribution in [-0.2, 0) is 17.9 Å². The fraction of sp³-hybridized carbons (Fsp3) is 0.308. The minimum Gasteiger partial charge on any atom is -0.487 e. The van der Waals surface area contributed by atoms with E-state index >= 15 is 0 Å². The lowest BCUT2D eigenvalue weighted by Gasteiger charge is -2.35. The first kappa shape index (κ1) is 25.0. The van der Waals surface area contributed by atoms with Gasteiger partial charge in [0.2, 0.25) is 0 Å². The summed E-state index contributed by atoms with van der Waals surface area (Å²) in [5.74, 6) is 1.71. The quantitative estimate of drug-likeness (QED) is 0.269. The van der Waals surface area contributed by atoms with Crippen LogP contribution in [0.25, 0.3) is 0 Å². The van der Waals surface area contributed by atoms with Crippen molar-refractivity contribution in [1.29, 1.82) is 0 Å². The molecule has 1 unspecified atom stereocenters. The van der Waals surface area contributed by atoms with Gasteiger partial charge in [-0.3, -0.25) is 9.98 Å². The Morgan fingerprint density at radius 2 is 2.00 bits per heavy atom. The van der Waals surface area contributed by atoms with E-state index in [0.717, 1.165) is 36.1 Å². The van der Waals surface area contributed by atoms with Crippen molar-refractivity contribution >= 4 is 29.9 Å². The molecule has 0 saturated carbocycles. The Balaban J connectivity index is 0.00000306. The van der Waals surface area contributed by atoms with Crippen LogP contribution in [-0.4, -0.2) is 42.6 Å². The van der Waals surface area contributed by atoms with E-state index in [-0.39, 0.29) is 30.1 Å². The second-order valence-corrected chi connectivity index (χ2v) is 7.82. The highest BCUT2D eigenvalue weighted by molar-refractivity contribution is 14.0. The topological polar surface area (TPSA) is 59.0 Å². The zero-order chi connectivity index (χ0) is 22.2. The van der Waals surface area contributed by atoms with Crippen molar-refractivity contribution in [3.63, 3.8) is 0 Å². The summed E-state index contributed by atoms with van der Waals surface area (Å²) in [4.78, 5) is 11.1. The molecule has 0 spiro atoms. The zero-order valence-electron chi connectivity index (χ0n) is 19.1. The van der Waals surface area contributed by atoms with Gasteiger partial charge in [-0.1, -0.05) is 42.5 Å². The number of rotatable bonds is 6. The summed E-state index contributed by atoms with van der Waals surface area (Å²) in [6, 6.07) is 22.4. The summed E-state index contributed by atoms with van der Waals surface area (Å²) in [6.07, 6.45) is 1.83. The van der Waals surface area contributed by atoms with Gasteiger partial charge in [0.05, 0.1) is 18.8 Å². The van der Waals surface area contributed by atoms with Gasteiger partial charge in [-0.05, 0) is 47.9 Å². The average Bonchev–Trinajstić information content (AvgIpc) is 2.85. The van der Waals surface area contributed by atoms with Crippen molar-refractivity contribution in [3.05, 3.63) is 95.3 Å². The summed E-state index contributed by atoms with van der Waals surface area (Å²) in [6.45, 7) is 5.52. The van der Waals surface area contributed by atoms with E-state index < -0.39 is 0 Å². The molecule has 1 N–H and O–H groups in total. The first-order valence-corrected chi connectivity index (χ1v) is 11.0. The molecule has 7 heteroatoms. The molecule has 174 valence electrons. The third-order valence-electron chi connectivity index (χ3n) is 5.58. The molecule has 1 atom stereocenters. The number of benzene rings is 2. The summed E-state index contributed by atoms with van der Waals surface area (Å²) < 4.78 is 12.0. The predicted octanol–water partition coefficient (Wildman–Crippen LogP) is 4.74. The minimum absolute atomic E-state index is 0. The monoisotopic (exact) mass is 558 g/mol. The summed E-state index contributed by atoms with van der Waals surface area (Å²) in [7, 11) is 1.83. The van der Waals surface area contributed by atoms with E-state index in [0.29, 0.717) is 19.8 Å². The third kappa shape index (κ3) is 6.91. The van der Waals surface area contributed by atoms with E-state index in [2.05, 4.69) is 63.5 Å². The molecule has 0 radical (unpaired) electrons. The van der Waals surface area contributed by atoms with E-state index in [1.165, 1.54) is 11.1 Å². The van der Waals surface area contributed by atoms with Gasteiger partial charge < -0.3 is 19.7 Å². The number of aryl methyl sites for hydroxylation is 1. The second kappa shape index (κ2) is 12.6. The Hall–Kier alpha value is -2.65. The molecule has 2 aromatic carbocycles. The van der Waals surface area contributed by atoms with Crippen molar-refractivity contribution in [2.45, 2.75) is 26.2 Å². The maximum atomic E-state index is 6.07. The fourth-order valence-electron chi connectivity index (χ4n) is 3.88. The lowest BCUT2D eigenvalue weighted by molar-refractivity contribution is -0.00833. The molecule has 0 aliphatic carbocycles. The molecule has 33 heavy (non-hydrogen) atoms. The SMILES string of the molecule is CN=C(NCc1cccc(OCc2ccccn2)c1)N1CCOC(c2ccccc2C)C1.I. The van der Waals surface area contributed by atoms with Crippen LogP contribution in [0.3, 0.4) is 0 Å². The molecule has 1 fully saturated rings. The van der Waals surface area contributed by atoms with Crippen molar-refractivity contribution < 1.29 is 9.47 Å². The third-order valence-corrected chi connectivity index (χ3v) is 5.58. The molecule has 1 aliphatic heterocycles. The number of morpholine rings is 1. The minimum atomic E-state index is 0. The summed E-state index contributed by atoms with van der Waals surface area (Å²) in [5, 5.41) is 3.50. The van der Waals surface area contributed by atoms with Crippen molar-refractivity contribution in [1.82, 2.24) is 15.2 Å². The molecule has 0 bridgehead atoms. The normalized spacial score (nSPS) is 16.1. The highest BCUT2D eigenvalue weighted by Crippen LogP contribution is 2.25. The number of halogens is 1. The molecular formula is C26H31IN4O2. The van der Waals surface area contributed by atoms with Gasteiger partial charge in [0, 0.05) is 26.3 Å². The predicted molar refractivity (Wildman–Crippen MR) is 142 cm³/mol. The molecule has 0 amide bonds. The number of aromatic nitrogens is 1. The highest BCUT2D eigenvalue weighted by atomic mass is 127. The Morgan fingerprint density at radius 1 is 1.15 bits per heavy atom. The first-order valence-electron chi connectivity index (χ1n) is 11.0. The van der Waals surface area contributed by atoms with Crippen LogP contribution in [0.5, 0.6) is 5.75 Å². The van der Waals surface area contributed by atoms with E-state index in [4.69, 9.17) is 9.47 Å². The number of hydrogen-bond donors (Lipinski definition) is 1. The van der Waals surface area contributed by atoms with Gasteiger partial charge in [0.1, 0.15) is 18.5 Å². The number of nitrogens with zero attached hydrogens (tertiary/aromatic N) is 3. The molecule has 2 heterocycles. The van der Waals surface area contributed by atoms with Crippen LogP contribution < -0.4 is 10.1 Å². The molecule has 3 aromatic rings. The molecule has 1 aliphatic rings. The smallest absolute Gasteiger partial charge is 0.194 e. The van der Waals surface area contributed by atoms with Crippen LogP contribution in [0, 0.1) is 6.92 Å². The Labute approximate surface area is 213 Å². The lowest BCUT2D eigenvalue weighted by atomic mass is 10.0. The van der Waals surface area contributed by atoms with E-state index in [9.17, 15) is 0 Å². The Kier molecular flexibility index (Phi) is 9.50. The summed E-state index contributed by atoms with van der Waals surface area (Å²) in [5.41, 5.74) is 4.54. The molecule has 4 rings (SSSR count). The second-order valence-electron chi connectivity index (χ2n) is 7.82. The van der Waals surface area contributed by atoms with Crippen molar-refractivity contribution in [2.24, 2.45) is 4.99 Å². The van der Waals surface area contributed by atoms with Gasteiger partial charge in [0.15, 0.2) is 5.96 Å². The Morgan fingerprint density at radius 3 is 2.79 bits per heavy atom. The molecule has 1 aromatic heterocycles. The maximum Gasteiger partial charge on any atom is 0.194 e. The number of pyridine rings is 1. The average molecular weight is 558 g/mol. The largest absolute Gasteiger partial charge is 0.487 e. The number of guanidine groups is 1. The summed E-state index contributed by atoms with van der Waals surface area (Å²) >= 11 is 0. The van der Waals surface area contributed by atoms with Gasteiger partial charge in [-0.25, -0.2) is 0 Å². The van der Waals surface area contributed by atoms with Gasteiger partial charge in [-0.15, -0.1) is 24.0 Å². The standard InChI is InChI=1S/C26H30N4O2.HI/c1-20-8-3-4-12-24(20)25-18-30(14-15-31-25)26(27-2)29-17-21-9-7-11-23(16-21)32-19-22-10-5-6-13-28-22;/h3-13,16,25H,14-15,17-19H2,1-2H3,(H,27,29);1H. The lowest BCUT2D eigenvalue weighted by Crippen LogP contribution is -2.48. The fourth-order valence-corrected chi connectivity index (χ4v) is 3.88. The van der Waals surface area contributed by atoms with Gasteiger partial charge >= 0.3 is 0 Å². The van der Waals surface area contributed by atoms with Crippen LogP contribution in [0.2, 0.25) is 0 Å². The van der Waals surface area contributed by atoms with Gasteiger partial charge in [-0.2, -0.15) is 0 Å². The first-order chi connectivity index (χ1) is 15.7. The number of ether oxygens (including phenoxy) is 2. The van der Waals surface area contributed by atoms with Crippen LogP contribution in [0.4, 0.5) is 0 Å². The van der Waals surface area contributed by atoms with Crippen molar-refractivity contribution in [2.75, 3.05) is 26.7 Å². The highest BCUT2D eigenvalue weighted by Gasteiger charge is 2.25. The number of hydrogen-bond acceptors (Lipinski definition) is 4. The van der Waals surface area contributed by atoms with Gasteiger partial charge in [0.25, 0.3) is 0 Å². The number of aliphatic imine (C=N–C) groups is 1.